The number of hydrogen-bond acceptors (Lipinski definition) is 4. The van der Waals surface area contributed by atoms with Crippen molar-refractivity contribution in [2.75, 3.05) is 0 Å². The van der Waals surface area contributed by atoms with E-state index in [4.69, 9.17) is 14.2 Å². The smallest absolute Gasteiger partial charge is 0.343 e. The van der Waals surface area contributed by atoms with Gasteiger partial charge in [-0.3, -0.25) is 0 Å². The maximum atomic E-state index is 12.2. The van der Waals surface area contributed by atoms with Crippen molar-refractivity contribution >= 4 is 5.97 Å². The zero-order chi connectivity index (χ0) is 13.8. The Labute approximate surface area is 114 Å². The average Bonchev–Trinajstić information content (AvgIpc) is 3.08. The molecule has 2 heterocycles. The second-order valence-electron chi connectivity index (χ2n) is 6.61. The van der Waals surface area contributed by atoms with Crippen LogP contribution >= 0.6 is 0 Å². The third-order valence-corrected chi connectivity index (χ3v) is 4.01. The third kappa shape index (κ3) is 2.38. The van der Waals surface area contributed by atoms with Gasteiger partial charge in [-0.05, 0) is 24.7 Å². The highest BCUT2D eigenvalue weighted by Gasteiger charge is 2.49. The second kappa shape index (κ2) is 4.23. The molecule has 3 rings (SSSR count). The highest BCUT2D eigenvalue weighted by atomic mass is 16.7. The summed E-state index contributed by atoms with van der Waals surface area (Å²) in [6, 6.07) is 0. The van der Waals surface area contributed by atoms with E-state index in [1.54, 1.807) is 13.8 Å². The number of cyclic esters (lactones) is 1. The summed E-state index contributed by atoms with van der Waals surface area (Å²) in [6.07, 6.45) is 2.94. The number of hydrogen-bond donors (Lipinski definition) is 0. The molecule has 0 radical (unpaired) electrons. The minimum atomic E-state index is -0.858. The fourth-order valence-corrected chi connectivity index (χ4v) is 2.82. The number of carbonyl (C=O) groups is 1. The van der Waals surface area contributed by atoms with Crippen LogP contribution in [-0.2, 0) is 19.0 Å². The lowest BCUT2D eigenvalue weighted by atomic mass is 9.92. The van der Waals surface area contributed by atoms with Crippen LogP contribution in [0.2, 0.25) is 0 Å². The molecule has 2 atom stereocenters. The molecule has 0 N–H and O–H groups in total. The molecule has 0 aromatic heterocycles. The van der Waals surface area contributed by atoms with E-state index in [1.807, 2.05) is 0 Å². The van der Waals surface area contributed by atoms with Gasteiger partial charge < -0.3 is 14.2 Å². The molecule has 1 saturated carbocycles. The minimum absolute atomic E-state index is 0.125. The molecule has 0 amide bonds. The Morgan fingerprint density at radius 3 is 2.47 bits per heavy atom. The van der Waals surface area contributed by atoms with Crippen LogP contribution < -0.4 is 0 Å². The Bertz CT molecular complexity index is 431. The van der Waals surface area contributed by atoms with Gasteiger partial charge in [-0.2, -0.15) is 0 Å². The van der Waals surface area contributed by atoms with Gasteiger partial charge >= 0.3 is 5.97 Å². The molecule has 0 unspecified atom stereocenters. The molecule has 1 aliphatic carbocycles. The van der Waals surface area contributed by atoms with Gasteiger partial charge in [-0.25, -0.2) is 4.79 Å². The molecule has 0 saturated heterocycles. The van der Waals surface area contributed by atoms with E-state index >= 15 is 0 Å². The molecule has 0 spiro atoms. The predicted octanol–water partition coefficient (Wildman–Crippen LogP) is 2.77. The molecule has 4 nitrogen and oxygen atoms in total. The molecular weight excluding hydrogens is 244 g/mol. The first-order valence-corrected chi connectivity index (χ1v) is 7.18. The molecule has 0 aromatic rings. The highest BCUT2D eigenvalue weighted by Crippen LogP contribution is 2.46. The van der Waals surface area contributed by atoms with Crippen molar-refractivity contribution in [1.82, 2.24) is 0 Å². The molecule has 106 valence electrons. The maximum absolute atomic E-state index is 12.2. The van der Waals surface area contributed by atoms with Gasteiger partial charge in [-0.1, -0.05) is 13.8 Å². The average molecular weight is 266 g/mol. The Morgan fingerprint density at radius 2 is 1.89 bits per heavy atom. The zero-order valence-electron chi connectivity index (χ0n) is 12.1. The van der Waals surface area contributed by atoms with Crippen molar-refractivity contribution in [3.05, 3.63) is 11.3 Å². The monoisotopic (exact) mass is 266 g/mol. The standard InChI is InChI=1S/C15H22O4/c1-8(2)10-7-11-12(13(17-10)9-5-6-9)14(16)19-15(3,4)18-11/h8-10,13H,5-7H2,1-4H3/t10-,13-/m0/s1. The Morgan fingerprint density at radius 1 is 1.21 bits per heavy atom. The fourth-order valence-electron chi connectivity index (χ4n) is 2.82. The van der Waals surface area contributed by atoms with Crippen LogP contribution in [0.3, 0.4) is 0 Å². The Hall–Kier alpha value is -1.03. The first kappa shape index (κ1) is 13.0. The van der Waals surface area contributed by atoms with Crippen molar-refractivity contribution in [3.8, 4) is 0 Å². The second-order valence-corrected chi connectivity index (χ2v) is 6.61. The number of ether oxygens (including phenoxy) is 3. The van der Waals surface area contributed by atoms with Crippen LogP contribution in [0, 0.1) is 11.8 Å². The van der Waals surface area contributed by atoms with E-state index in [0.29, 0.717) is 23.8 Å². The van der Waals surface area contributed by atoms with Gasteiger partial charge in [0.2, 0.25) is 5.79 Å². The van der Waals surface area contributed by atoms with Crippen LogP contribution in [0.15, 0.2) is 11.3 Å². The van der Waals surface area contributed by atoms with Gasteiger partial charge in [0.15, 0.2) is 0 Å². The maximum Gasteiger partial charge on any atom is 0.343 e. The molecule has 0 aromatic carbocycles. The molecule has 0 bridgehead atoms. The lowest BCUT2D eigenvalue weighted by Crippen LogP contribution is -2.46. The highest BCUT2D eigenvalue weighted by molar-refractivity contribution is 5.91. The molecule has 19 heavy (non-hydrogen) atoms. The van der Waals surface area contributed by atoms with E-state index in [-0.39, 0.29) is 18.2 Å². The van der Waals surface area contributed by atoms with Gasteiger partial charge in [0.05, 0.1) is 12.2 Å². The van der Waals surface area contributed by atoms with Crippen LogP contribution in [-0.4, -0.2) is 24.0 Å². The lowest BCUT2D eigenvalue weighted by Gasteiger charge is -2.41. The van der Waals surface area contributed by atoms with Gasteiger partial charge in [-0.15, -0.1) is 0 Å². The first-order valence-electron chi connectivity index (χ1n) is 7.18. The summed E-state index contributed by atoms with van der Waals surface area (Å²) in [5, 5.41) is 0. The summed E-state index contributed by atoms with van der Waals surface area (Å²) < 4.78 is 17.4. The van der Waals surface area contributed by atoms with E-state index in [9.17, 15) is 4.79 Å². The van der Waals surface area contributed by atoms with Crippen molar-refractivity contribution in [3.63, 3.8) is 0 Å². The number of rotatable bonds is 2. The largest absolute Gasteiger partial charge is 0.456 e. The topological polar surface area (TPSA) is 44.8 Å². The molecular formula is C15H22O4. The third-order valence-electron chi connectivity index (χ3n) is 4.01. The normalized spacial score (nSPS) is 33.8. The van der Waals surface area contributed by atoms with Crippen LogP contribution in [0.1, 0.15) is 47.0 Å². The van der Waals surface area contributed by atoms with Crippen molar-refractivity contribution in [2.45, 2.75) is 65.0 Å². The van der Waals surface area contributed by atoms with E-state index < -0.39 is 5.79 Å². The molecule has 2 aliphatic heterocycles. The van der Waals surface area contributed by atoms with Crippen LogP contribution in [0.25, 0.3) is 0 Å². The van der Waals surface area contributed by atoms with Gasteiger partial charge in [0.25, 0.3) is 0 Å². The summed E-state index contributed by atoms with van der Waals surface area (Å²) >= 11 is 0. The SMILES string of the molecule is CC(C)[C@@H]1CC2=C(C(=O)OC(C)(C)O2)[C@H](C2CC2)O1. The minimum Gasteiger partial charge on any atom is -0.456 e. The molecule has 4 heteroatoms. The van der Waals surface area contributed by atoms with Gasteiger partial charge in [0.1, 0.15) is 11.3 Å². The quantitative estimate of drug-likeness (QED) is 0.721. The zero-order valence-corrected chi connectivity index (χ0v) is 12.1. The summed E-state index contributed by atoms with van der Waals surface area (Å²) in [7, 11) is 0. The molecule has 3 aliphatic rings. The number of esters is 1. The van der Waals surface area contributed by atoms with Crippen LogP contribution in [0.4, 0.5) is 0 Å². The van der Waals surface area contributed by atoms with E-state index in [2.05, 4.69) is 13.8 Å². The molecule has 1 fully saturated rings. The first-order chi connectivity index (χ1) is 8.87. The van der Waals surface area contributed by atoms with Crippen molar-refractivity contribution in [1.29, 1.82) is 0 Å². The summed E-state index contributed by atoms with van der Waals surface area (Å²) in [4.78, 5) is 12.2. The van der Waals surface area contributed by atoms with Gasteiger partial charge in [0, 0.05) is 20.3 Å². The predicted molar refractivity (Wildman–Crippen MR) is 69.1 cm³/mol. The summed E-state index contributed by atoms with van der Waals surface area (Å²) in [6.45, 7) is 7.85. The van der Waals surface area contributed by atoms with E-state index in [1.165, 1.54) is 0 Å². The fraction of sp³-hybridized carbons (Fsp3) is 0.800. The Kier molecular flexibility index (Phi) is 2.89. The van der Waals surface area contributed by atoms with E-state index in [0.717, 1.165) is 18.6 Å². The van der Waals surface area contributed by atoms with Crippen molar-refractivity contribution < 1.29 is 19.0 Å². The lowest BCUT2D eigenvalue weighted by molar-refractivity contribution is -0.219. The van der Waals surface area contributed by atoms with Crippen molar-refractivity contribution in [2.24, 2.45) is 11.8 Å². The number of carbonyl (C=O) groups excluding carboxylic acids is 1. The van der Waals surface area contributed by atoms with Crippen LogP contribution in [0.5, 0.6) is 0 Å². The Balaban J connectivity index is 1.95. The summed E-state index contributed by atoms with van der Waals surface area (Å²) in [5.74, 6) is 0.556. The summed E-state index contributed by atoms with van der Waals surface area (Å²) in [5.41, 5.74) is 0.638.